The molecule has 0 spiro atoms. The van der Waals surface area contributed by atoms with Gasteiger partial charge >= 0.3 is 5.76 Å². The van der Waals surface area contributed by atoms with E-state index in [9.17, 15) is 17.4 Å². The van der Waals surface area contributed by atoms with Crippen LogP contribution in [0.25, 0.3) is 0 Å². The summed E-state index contributed by atoms with van der Waals surface area (Å²) in [6.45, 7) is 0. The molecule has 3 atom stereocenters. The first kappa shape index (κ1) is 19.8. The molecule has 0 radical (unpaired) electrons. The van der Waals surface area contributed by atoms with Crippen LogP contribution in [0.1, 0.15) is 5.69 Å². The normalized spacial score (nSPS) is 26.1. The van der Waals surface area contributed by atoms with E-state index in [0.717, 1.165) is 12.2 Å². The van der Waals surface area contributed by atoms with Gasteiger partial charge < -0.3 is 4.74 Å². The van der Waals surface area contributed by atoms with Gasteiger partial charge in [-0.15, -0.1) is 0 Å². The van der Waals surface area contributed by atoms with Gasteiger partial charge in [0.15, 0.2) is 11.4 Å². The number of halogens is 5. The van der Waals surface area contributed by atoms with Crippen molar-refractivity contribution >= 4 is 34.0 Å². The average Bonchev–Trinajstić information content (AvgIpc) is 3.05. The molecule has 0 saturated heterocycles. The Bertz CT molecular complexity index is 933. The second kappa shape index (κ2) is 7.25. The van der Waals surface area contributed by atoms with E-state index in [1.165, 1.54) is 29.2 Å². The van der Waals surface area contributed by atoms with E-state index in [-0.39, 0.29) is 16.7 Å². The third-order valence-electron chi connectivity index (χ3n) is 3.59. The molecule has 6 nitrogen and oxygen atoms in total. The van der Waals surface area contributed by atoms with Gasteiger partial charge in [-0.1, -0.05) is 11.6 Å². The Morgan fingerprint density at radius 3 is 2.52 bits per heavy atom. The van der Waals surface area contributed by atoms with E-state index in [1.807, 2.05) is 0 Å². The Balaban J connectivity index is 2.15. The summed E-state index contributed by atoms with van der Waals surface area (Å²) in [5.41, 5.74) is -1.45. The Labute approximate surface area is 164 Å². The van der Waals surface area contributed by atoms with Crippen LogP contribution in [0.3, 0.4) is 0 Å². The second-order valence-corrected chi connectivity index (χ2v) is 7.76. The zero-order chi connectivity index (χ0) is 19.8. The summed E-state index contributed by atoms with van der Waals surface area (Å²) in [6, 6.07) is 1.53. The van der Waals surface area contributed by atoms with Crippen LogP contribution in [-0.2, 0) is 23.4 Å². The molecule has 2 aromatic rings. The van der Waals surface area contributed by atoms with Gasteiger partial charge in [-0.05, 0) is 35.9 Å². The van der Waals surface area contributed by atoms with Crippen molar-refractivity contribution in [1.82, 2.24) is 19.7 Å². The van der Waals surface area contributed by atoms with E-state index >= 15 is 0 Å². The van der Waals surface area contributed by atoms with Gasteiger partial charge in [0.05, 0.1) is 17.3 Å². The molecule has 0 aromatic carbocycles. The topological polar surface area (TPSA) is 69.9 Å². The third kappa shape index (κ3) is 4.02. The van der Waals surface area contributed by atoms with Crippen LogP contribution in [0.5, 0.6) is 5.75 Å². The van der Waals surface area contributed by atoms with Crippen molar-refractivity contribution in [3.8, 4) is 5.75 Å². The lowest BCUT2D eigenvalue weighted by molar-refractivity contribution is 0.158. The van der Waals surface area contributed by atoms with Crippen LogP contribution in [0.15, 0.2) is 47.8 Å². The lowest BCUT2D eigenvalue weighted by Crippen LogP contribution is -2.37. The zero-order valence-corrected chi connectivity index (χ0v) is 15.9. The average molecular weight is 439 g/mol. The maximum atomic E-state index is 14.6. The van der Waals surface area contributed by atoms with Crippen molar-refractivity contribution < 1.29 is 22.1 Å². The molecular formula is C15H11Cl2F3N4O2S. The quantitative estimate of drug-likeness (QED) is 0.406. The van der Waals surface area contributed by atoms with Gasteiger partial charge in [-0.2, -0.15) is 13.9 Å². The molecule has 1 aliphatic carbocycles. The summed E-state index contributed by atoms with van der Waals surface area (Å²) in [4.78, 5) is 6.68. The molecule has 0 bridgehead atoms. The molecule has 0 amide bonds. The first-order valence-corrected chi connectivity index (χ1v) is 9.27. The number of nitrogens with zero attached hydrogens (tertiary/aromatic N) is 4. The molecule has 0 N–H and O–H groups in total. The summed E-state index contributed by atoms with van der Waals surface area (Å²) in [7, 11) is -1.38. The van der Waals surface area contributed by atoms with Crippen LogP contribution < -0.4 is 4.74 Å². The van der Waals surface area contributed by atoms with Gasteiger partial charge in [0.25, 0.3) is 0 Å². The summed E-state index contributed by atoms with van der Waals surface area (Å²) in [5.74, 6) is -3.24. The SMILES string of the molecule is Cn1ccc(C2(Oc3cnc(Cl)nc3)C=CC(F)(Cl)C(S(=O)C(F)F)=C2)n1. The van der Waals surface area contributed by atoms with Gasteiger partial charge in [0, 0.05) is 13.2 Å². The van der Waals surface area contributed by atoms with E-state index in [2.05, 4.69) is 15.1 Å². The first-order chi connectivity index (χ1) is 12.6. The standard InChI is InChI=1S/C15H11Cl2F3N4O2S/c1-24-5-2-10(23-24)14(26-9-7-21-12(16)22-8-9)3-4-15(17,20)11(6-14)27(25)13(18)19/h2-8,13H,1H3. The van der Waals surface area contributed by atoms with Crippen molar-refractivity contribution in [2.24, 2.45) is 7.05 Å². The highest BCUT2D eigenvalue weighted by Gasteiger charge is 2.46. The number of hydrogen-bond donors (Lipinski definition) is 0. The maximum Gasteiger partial charge on any atom is 0.316 e. The molecule has 0 aliphatic heterocycles. The minimum absolute atomic E-state index is 0.0352. The van der Waals surface area contributed by atoms with Crippen LogP contribution >= 0.6 is 23.2 Å². The molecule has 0 fully saturated rings. The highest BCUT2D eigenvalue weighted by molar-refractivity contribution is 7.89. The molecule has 3 rings (SSSR count). The predicted octanol–water partition coefficient (Wildman–Crippen LogP) is 3.47. The number of hydrogen-bond acceptors (Lipinski definition) is 5. The Kier molecular flexibility index (Phi) is 5.33. The van der Waals surface area contributed by atoms with Crippen molar-refractivity contribution in [2.75, 3.05) is 0 Å². The predicted molar refractivity (Wildman–Crippen MR) is 93.6 cm³/mol. The number of alkyl halides is 4. The molecule has 144 valence electrons. The number of aryl methyl sites for hydroxylation is 1. The summed E-state index contributed by atoms with van der Waals surface area (Å²) < 4.78 is 59.8. The molecule has 2 heterocycles. The lowest BCUT2D eigenvalue weighted by atomic mass is 9.93. The van der Waals surface area contributed by atoms with E-state index in [4.69, 9.17) is 27.9 Å². The minimum atomic E-state index is -3.34. The van der Waals surface area contributed by atoms with Crippen molar-refractivity contribution in [1.29, 1.82) is 0 Å². The van der Waals surface area contributed by atoms with Crippen LogP contribution in [0.2, 0.25) is 5.28 Å². The van der Waals surface area contributed by atoms with Gasteiger partial charge in [-0.3, -0.25) is 4.68 Å². The highest BCUT2D eigenvalue weighted by Crippen LogP contribution is 2.43. The zero-order valence-electron chi connectivity index (χ0n) is 13.5. The first-order valence-electron chi connectivity index (χ1n) is 7.30. The van der Waals surface area contributed by atoms with E-state index < -0.39 is 32.2 Å². The number of allylic oxidation sites excluding steroid dienone is 2. The monoisotopic (exact) mass is 438 g/mol. The maximum absolute atomic E-state index is 14.6. The summed E-state index contributed by atoms with van der Waals surface area (Å²) in [5, 5.41) is 1.29. The smallest absolute Gasteiger partial charge is 0.316 e. The van der Waals surface area contributed by atoms with Crippen LogP contribution in [0.4, 0.5) is 13.2 Å². The largest absolute Gasteiger partial charge is 0.469 e. The number of ether oxygens (including phenoxy) is 1. The molecule has 1 aliphatic rings. The fourth-order valence-corrected chi connectivity index (χ4v) is 3.65. The fourth-order valence-electron chi connectivity index (χ4n) is 2.38. The number of rotatable bonds is 5. The molecule has 3 unspecified atom stereocenters. The molecule has 27 heavy (non-hydrogen) atoms. The van der Waals surface area contributed by atoms with Crippen molar-refractivity contribution in [3.63, 3.8) is 0 Å². The molecule has 2 aromatic heterocycles. The summed E-state index contributed by atoms with van der Waals surface area (Å²) >= 11 is 11.3. The molecule has 12 heteroatoms. The van der Waals surface area contributed by atoms with Gasteiger partial charge in [-0.25, -0.2) is 18.6 Å². The lowest BCUT2D eigenvalue weighted by Gasteiger charge is -2.33. The van der Waals surface area contributed by atoms with Crippen molar-refractivity contribution in [3.05, 3.63) is 58.8 Å². The van der Waals surface area contributed by atoms with Gasteiger partial charge in [0.1, 0.15) is 16.5 Å². The molecule has 0 saturated carbocycles. The van der Waals surface area contributed by atoms with Crippen molar-refractivity contribution in [2.45, 2.75) is 16.5 Å². The fraction of sp³-hybridized carbons (Fsp3) is 0.267. The summed E-state index contributed by atoms with van der Waals surface area (Å²) in [6.07, 6.45) is 6.97. The second-order valence-electron chi connectivity index (χ2n) is 5.48. The Hall–Kier alpha value is -1.91. The van der Waals surface area contributed by atoms with Gasteiger partial charge in [0.2, 0.25) is 10.4 Å². The third-order valence-corrected chi connectivity index (χ3v) is 5.40. The minimum Gasteiger partial charge on any atom is -0.469 e. The van der Waals surface area contributed by atoms with Crippen LogP contribution in [0, 0.1) is 0 Å². The Morgan fingerprint density at radius 1 is 1.30 bits per heavy atom. The molecular weight excluding hydrogens is 428 g/mol. The van der Waals surface area contributed by atoms with E-state index in [1.54, 1.807) is 13.2 Å². The van der Waals surface area contributed by atoms with Crippen LogP contribution in [-0.4, -0.2) is 34.8 Å². The highest BCUT2D eigenvalue weighted by atomic mass is 35.5. The van der Waals surface area contributed by atoms with E-state index in [0.29, 0.717) is 0 Å². The number of aromatic nitrogens is 4. The Morgan fingerprint density at radius 2 is 1.96 bits per heavy atom.